The Morgan fingerprint density at radius 3 is 2.74 bits per heavy atom. The number of carbonyl (C=O) groups excluding carboxylic acids is 1. The van der Waals surface area contributed by atoms with E-state index in [0.717, 1.165) is 11.8 Å². The highest BCUT2D eigenvalue weighted by atomic mass is 35.5. The molecule has 0 bridgehead atoms. The highest BCUT2D eigenvalue weighted by Crippen LogP contribution is 2.33. The third-order valence-electron chi connectivity index (χ3n) is 2.54. The van der Waals surface area contributed by atoms with Gasteiger partial charge in [-0.05, 0) is 24.6 Å². The molecule has 1 aromatic heterocycles. The van der Waals surface area contributed by atoms with Crippen LogP contribution in [0.5, 0.6) is 0 Å². The van der Waals surface area contributed by atoms with Crippen molar-refractivity contribution in [3.05, 3.63) is 57.6 Å². The molecule has 0 saturated heterocycles. The summed E-state index contributed by atoms with van der Waals surface area (Å²) in [4.78, 5) is 15.5. The third-order valence-corrected chi connectivity index (χ3v) is 3.34. The number of pyridine rings is 1. The molecule has 0 spiro atoms. The van der Waals surface area contributed by atoms with Crippen LogP contribution < -0.4 is 5.32 Å². The van der Waals surface area contributed by atoms with Crippen LogP contribution >= 0.6 is 23.2 Å². The molecule has 19 heavy (non-hydrogen) atoms. The van der Waals surface area contributed by atoms with Crippen LogP contribution in [-0.2, 0) is 0 Å². The molecule has 0 atom stereocenters. The van der Waals surface area contributed by atoms with Gasteiger partial charge in [0.1, 0.15) is 0 Å². The fraction of sp³-hybridized carbons (Fsp3) is 0.0769. The zero-order valence-electron chi connectivity index (χ0n) is 9.88. The van der Waals surface area contributed by atoms with E-state index < -0.39 is 11.7 Å². The molecule has 1 heterocycles. The standard InChI is InChI=1S/C13H9Cl2FN2O/c1-7-2-3-9(14)12(11(7)15)18-13(19)8-4-5-17-6-10(8)16/h2-6H,1H3,(H,18,19). The van der Waals surface area contributed by atoms with Gasteiger partial charge >= 0.3 is 0 Å². The second kappa shape index (κ2) is 5.55. The maximum Gasteiger partial charge on any atom is 0.258 e. The number of nitrogens with one attached hydrogen (secondary N) is 1. The second-order valence-electron chi connectivity index (χ2n) is 3.86. The fourth-order valence-electron chi connectivity index (χ4n) is 1.51. The maximum absolute atomic E-state index is 13.4. The number of anilines is 1. The molecule has 98 valence electrons. The van der Waals surface area contributed by atoms with Gasteiger partial charge in [0.2, 0.25) is 0 Å². The number of amides is 1. The summed E-state index contributed by atoms with van der Waals surface area (Å²) in [5.41, 5.74) is 0.907. The van der Waals surface area contributed by atoms with Crippen molar-refractivity contribution < 1.29 is 9.18 Å². The smallest absolute Gasteiger partial charge is 0.258 e. The summed E-state index contributed by atoms with van der Waals surface area (Å²) in [7, 11) is 0. The zero-order chi connectivity index (χ0) is 14.0. The number of hydrogen-bond donors (Lipinski definition) is 1. The van der Waals surface area contributed by atoms with E-state index in [9.17, 15) is 9.18 Å². The summed E-state index contributed by atoms with van der Waals surface area (Å²) in [6.07, 6.45) is 2.30. The van der Waals surface area contributed by atoms with Crippen LogP contribution in [0.3, 0.4) is 0 Å². The Bertz CT molecular complexity index is 647. The van der Waals surface area contributed by atoms with Gasteiger partial charge in [0, 0.05) is 6.20 Å². The highest BCUT2D eigenvalue weighted by Gasteiger charge is 2.15. The summed E-state index contributed by atoms with van der Waals surface area (Å²) >= 11 is 12.0. The lowest BCUT2D eigenvalue weighted by atomic mass is 10.2. The van der Waals surface area contributed by atoms with Gasteiger partial charge in [0.05, 0.1) is 27.5 Å². The molecule has 0 aliphatic rings. The van der Waals surface area contributed by atoms with Gasteiger partial charge in [0.15, 0.2) is 5.82 Å². The van der Waals surface area contributed by atoms with Crippen LogP contribution in [0, 0.1) is 12.7 Å². The highest BCUT2D eigenvalue weighted by molar-refractivity contribution is 6.40. The molecule has 0 radical (unpaired) electrons. The largest absolute Gasteiger partial charge is 0.319 e. The molecule has 0 saturated carbocycles. The van der Waals surface area contributed by atoms with E-state index in [-0.39, 0.29) is 11.3 Å². The van der Waals surface area contributed by atoms with Crippen LogP contribution in [-0.4, -0.2) is 10.9 Å². The Kier molecular flexibility index (Phi) is 4.02. The quantitative estimate of drug-likeness (QED) is 0.907. The molecule has 0 aliphatic heterocycles. The molecule has 0 fully saturated rings. The Hall–Kier alpha value is -1.65. The summed E-state index contributed by atoms with van der Waals surface area (Å²) in [5, 5.41) is 3.13. The molecular weight excluding hydrogens is 290 g/mol. The number of rotatable bonds is 2. The lowest BCUT2D eigenvalue weighted by molar-refractivity contribution is 0.102. The van der Waals surface area contributed by atoms with Crippen molar-refractivity contribution in [3.8, 4) is 0 Å². The van der Waals surface area contributed by atoms with Gasteiger partial charge in [0.25, 0.3) is 5.91 Å². The van der Waals surface area contributed by atoms with Gasteiger partial charge < -0.3 is 5.32 Å². The van der Waals surface area contributed by atoms with Crippen LogP contribution in [0.1, 0.15) is 15.9 Å². The Balaban J connectivity index is 2.35. The molecule has 2 aromatic rings. The van der Waals surface area contributed by atoms with Crippen LogP contribution in [0.2, 0.25) is 10.0 Å². The topological polar surface area (TPSA) is 42.0 Å². The van der Waals surface area contributed by atoms with E-state index >= 15 is 0 Å². The monoisotopic (exact) mass is 298 g/mol. The molecule has 1 amide bonds. The average Bonchev–Trinajstić information content (AvgIpc) is 2.39. The molecule has 0 unspecified atom stereocenters. The summed E-state index contributed by atoms with van der Waals surface area (Å²) in [5.74, 6) is -1.34. The van der Waals surface area contributed by atoms with Crippen LogP contribution in [0.4, 0.5) is 10.1 Å². The number of carbonyl (C=O) groups is 1. The van der Waals surface area contributed by atoms with E-state index in [1.165, 1.54) is 12.3 Å². The van der Waals surface area contributed by atoms with Crippen molar-refractivity contribution in [3.63, 3.8) is 0 Å². The van der Waals surface area contributed by atoms with E-state index in [2.05, 4.69) is 10.3 Å². The number of aromatic nitrogens is 1. The van der Waals surface area contributed by atoms with Crippen molar-refractivity contribution in [2.45, 2.75) is 6.92 Å². The van der Waals surface area contributed by atoms with Gasteiger partial charge in [-0.1, -0.05) is 29.3 Å². The number of nitrogens with zero attached hydrogens (tertiary/aromatic N) is 1. The first-order valence-corrected chi connectivity index (χ1v) is 6.11. The lowest BCUT2D eigenvalue weighted by Crippen LogP contribution is -2.14. The van der Waals surface area contributed by atoms with Crippen molar-refractivity contribution in [1.29, 1.82) is 0 Å². The van der Waals surface area contributed by atoms with Crippen molar-refractivity contribution in [2.24, 2.45) is 0 Å². The van der Waals surface area contributed by atoms with Crippen molar-refractivity contribution >= 4 is 34.8 Å². The van der Waals surface area contributed by atoms with Crippen molar-refractivity contribution in [2.75, 3.05) is 5.32 Å². The third kappa shape index (κ3) is 2.85. The Morgan fingerprint density at radius 1 is 1.32 bits per heavy atom. The second-order valence-corrected chi connectivity index (χ2v) is 4.65. The van der Waals surface area contributed by atoms with E-state index in [1.54, 1.807) is 19.1 Å². The fourth-order valence-corrected chi connectivity index (χ4v) is 1.98. The molecule has 1 aromatic carbocycles. The SMILES string of the molecule is Cc1ccc(Cl)c(NC(=O)c2ccncc2F)c1Cl. The first kappa shape index (κ1) is 13.8. The summed E-state index contributed by atoms with van der Waals surface area (Å²) in [6, 6.07) is 4.62. The number of hydrogen-bond acceptors (Lipinski definition) is 2. The van der Waals surface area contributed by atoms with Crippen LogP contribution in [0.25, 0.3) is 0 Å². The van der Waals surface area contributed by atoms with Gasteiger partial charge in [-0.2, -0.15) is 0 Å². The van der Waals surface area contributed by atoms with Gasteiger partial charge in [-0.3, -0.25) is 9.78 Å². The minimum atomic E-state index is -0.708. The Morgan fingerprint density at radius 2 is 2.05 bits per heavy atom. The predicted molar refractivity (Wildman–Crippen MR) is 73.3 cm³/mol. The van der Waals surface area contributed by atoms with Gasteiger partial charge in [-0.15, -0.1) is 0 Å². The molecular formula is C13H9Cl2FN2O. The molecule has 2 rings (SSSR count). The minimum Gasteiger partial charge on any atom is -0.319 e. The number of aryl methyl sites for hydroxylation is 1. The summed E-state index contributed by atoms with van der Waals surface area (Å²) in [6.45, 7) is 1.78. The van der Waals surface area contributed by atoms with E-state index in [4.69, 9.17) is 23.2 Å². The molecule has 1 N–H and O–H groups in total. The number of halogens is 3. The maximum atomic E-state index is 13.4. The van der Waals surface area contributed by atoms with E-state index in [0.29, 0.717) is 10.0 Å². The van der Waals surface area contributed by atoms with E-state index in [1.807, 2.05) is 0 Å². The zero-order valence-corrected chi connectivity index (χ0v) is 11.4. The van der Waals surface area contributed by atoms with Crippen molar-refractivity contribution in [1.82, 2.24) is 4.98 Å². The molecule has 3 nitrogen and oxygen atoms in total. The average molecular weight is 299 g/mol. The van der Waals surface area contributed by atoms with Gasteiger partial charge in [-0.25, -0.2) is 4.39 Å². The minimum absolute atomic E-state index is 0.122. The number of benzene rings is 1. The normalized spacial score (nSPS) is 10.3. The lowest BCUT2D eigenvalue weighted by Gasteiger charge is -2.11. The molecule has 0 aliphatic carbocycles. The predicted octanol–water partition coefficient (Wildman–Crippen LogP) is 4.09. The first-order valence-electron chi connectivity index (χ1n) is 5.36. The first-order chi connectivity index (χ1) is 9.00. The van der Waals surface area contributed by atoms with Crippen LogP contribution in [0.15, 0.2) is 30.6 Å². The summed E-state index contributed by atoms with van der Waals surface area (Å²) < 4.78 is 13.4. The Labute approximate surface area is 119 Å². The molecule has 6 heteroatoms.